The molecular weight excluding hydrogens is 532 g/mol. The van der Waals surface area contributed by atoms with Crippen molar-refractivity contribution >= 4 is 16.3 Å². The van der Waals surface area contributed by atoms with Crippen LogP contribution in [0.15, 0.2) is 23.8 Å². The van der Waals surface area contributed by atoms with Crippen LogP contribution in [0, 0.1) is 17.8 Å². The normalized spacial score (nSPS) is 31.1. The number of hydrogen-bond donors (Lipinski definition) is 1. The minimum absolute atomic E-state index is 0.0792. The molecule has 1 N–H and O–H groups in total. The van der Waals surface area contributed by atoms with Crippen LogP contribution in [0.2, 0.25) is 0 Å². The molecule has 0 unspecified atom stereocenters. The number of hydrogen-bond acceptors (Lipinski definition) is 3. The summed E-state index contributed by atoms with van der Waals surface area (Å²) in [6.45, 7) is 1.71. The molecule has 1 aromatic rings. The second kappa shape index (κ2) is 9.78. The average Bonchev–Trinajstić information content (AvgIpc) is 3.17. The molecule has 2 aliphatic heterocycles. The number of fused-ring (bicyclic) bond motifs is 1. The van der Waals surface area contributed by atoms with Gasteiger partial charge < -0.3 is 0 Å². The van der Waals surface area contributed by atoms with Crippen molar-refractivity contribution in [2.75, 3.05) is 32.7 Å². The summed E-state index contributed by atoms with van der Waals surface area (Å²) in [6, 6.07) is 6.08. The van der Waals surface area contributed by atoms with Gasteiger partial charge in [-0.3, -0.25) is 4.90 Å². The highest BCUT2D eigenvalue weighted by Gasteiger charge is 2.60. The third kappa shape index (κ3) is 5.64. The molecular formula is C26H33F6N3O2S. The van der Waals surface area contributed by atoms with E-state index in [2.05, 4.69) is 10.8 Å². The van der Waals surface area contributed by atoms with Crippen LogP contribution >= 0.6 is 0 Å². The monoisotopic (exact) mass is 565 g/mol. The largest absolute Gasteiger partial charge is 0.402 e. The topological polar surface area (TPSA) is 52.7 Å². The summed E-state index contributed by atoms with van der Waals surface area (Å²) in [5, 5.41) is 0. The van der Waals surface area contributed by atoms with Gasteiger partial charge in [0.25, 0.3) is 10.2 Å². The SMILES string of the molecule is CC(=Cc1ccc2c(c1)C[C@H]1CC[C@@H](C2)[C@]12CN(CC(F)(F)F)S(=O)(=O)N2)CN1CCC(C(F)(F)F)CC1. The Balaban J connectivity index is 1.29. The molecule has 3 fully saturated rings. The van der Waals surface area contributed by atoms with E-state index >= 15 is 0 Å². The van der Waals surface area contributed by atoms with Gasteiger partial charge in [0.15, 0.2) is 0 Å². The fourth-order valence-electron chi connectivity index (χ4n) is 7.06. The average molecular weight is 566 g/mol. The van der Waals surface area contributed by atoms with Crippen LogP contribution < -0.4 is 4.72 Å². The van der Waals surface area contributed by atoms with Crippen molar-refractivity contribution in [3.63, 3.8) is 0 Å². The Bertz CT molecular complexity index is 1190. The highest BCUT2D eigenvalue weighted by molar-refractivity contribution is 7.87. The number of alkyl halides is 6. The number of halogens is 6. The smallest absolute Gasteiger partial charge is 0.299 e. The quantitative estimate of drug-likeness (QED) is 0.527. The molecule has 1 aromatic carbocycles. The molecule has 2 saturated heterocycles. The summed E-state index contributed by atoms with van der Waals surface area (Å²) < 4.78 is 107. The van der Waals surface area contributed by atoms with Crippen LogP contribution in [0.5, 0.6) is 0 Å². The van der Waals surface area contributed by atoms with Gasteiger partial charge in [-0.2, -0.15) is 43.8 Å². The minimum Gasteiger partial charge on any atom is -0.299 e. The molecule has 2 heterocycles. The van der Waals surface area contributed by atoms with Crippen LogP contribution in [0.3, 0.4) is 0 Å². The molecule has 12 heteroatoms. The van der Waals surface area contributed by atoms with Gasteiger partial charge in [0.05, 0.1) is 11.5 Å². The summed E-state index contributed by atoms with van der Waals surface area (Å²) in [5.74, 6) is -1.40. The lowest BCUT2D eigenvalue weighted by Crippen LogP contribution is -2.52. The minimum atomic E-state index is -4.61. The molecule has 2 aliphatic carbocycles. The van der Waals surface area contributed by atoms with Gasteiger partial charge in [-0.05, 0) is 87.1 Å². The maximum absolute atomic E-state index is 13.1. The van der Waals surface area contributed by atoms with Crippen LogP contribution in [0.4, 0.5) is 26.3 Å². The van der Waals surface area contributed by atoms with E-state index in [1.54, 1.807) is 0 Å². The van der Waals surface area contributed by atoms with E-state index in [4.69, 9.17) is 0 Å². The maximum Gasteiger partial charge on any atom is 0.402 e. The number of benzene rings is 1. The third-order valence-corrected chi connectivity index (χ3v) is 10.4. The maximum atomic E-state index is 13.1. The van der Waals surface area contributed by atoms with Crippen molar-refractivity contribution in [3.05, 3.63) is 40.5 Å². The van der Waals surface area contributed by atoms with Crippen molar-refractivity contribution in [2.24, 2.45) is 17.8 Å². The first kappa shape index (κ1) is 27.9. The van der Waals surface area contributed by atoms with Crippen LogP contribution in [0.25, 0.3) is 6.08 Å². The van der Waals surface area contributed by atoms with Crippen molar-refractivity contribution in [2.45, 2.75) is 63.3 Å². The number of nitrogens with zero attached hydrogens (tertiary/aromatic N) is 2. The number of piperidine rings is 1. The fourth-order valence-corrected chi connectivity index (χ4v) is 8.76. The van der Waals surface area contributed by atoms with E-state index in [0.717, 1.165) is 35.1 Å². The molecule has 5 nitrogen and oxygen atoms in total. The van der Waals surface area contributed by atoms with E-state index in [1.807, 2.05) is 30.0 Å². The van der Waals surface area contributed by atoms with E-state index in [-0.39, 0.29) is 31.2 Å². The van der Waals surface area contributed by atoms with Gasteiger partial charge in [0, 0.05) is 13.1 Å². The summed E-state index contributed by atoms with van der Waals surface area (Å²) in [6.07, 6.45) is -3.79. The Morgan fingerprint density at radius 2 is 1.66 bits per heavy atom. The first-order chi connectivity index (χ1) is 17.6. The van der Waals surface area contributed by atoms with Gasteiger partial charge in [-0.15, -0.1) is 0 Å². The lowest BCUT2D eigenvalue weighted by atomic mass is 9.79. The van der Waals surface area contributed by atoms with Crippen molar-refractivity contribution in [3.8, 4) is 0 Å². The zero-order chi connectivity index (χ0) is 27.5. The summed E-state index contributed by atoms with van der Waals surface area (Å²) in [5.41, 5.74) is 3.27. The lowest BCUT2D eigenvalue weighted by Gasteiger charge is -2.33. The standard InChI is InChI=1S/C26H33F6N3O2S/c1-17(14-34-8-6-21(7-9-34)26(30,31)32)10-18-2-3-19-12-22-4-5-23(13-20(19)11-18)24(22)15-35(16-25(27,28)29)38(36,37)33-24/h2-3,10-11,21-23,33H,4-9,12-16H2,1H3/t22-,23+,24+/m0/s1. The summed E-state index contributed by atoms with van der Waals surface area (Å²) in [4.78, 5) is 2.04. The van der Waals surface area contributed by atoms with E-state index in [0.29, 0.717) is 36.8 Å². The molecule has 5 rings (SSSR count). The first-order valence-corrected chi connectivity index (χ1v) is 14.5. The third-order valence-electron chi connectivity index (χ3n) is 8.87. The Labute approximate surface area is 219 Å². The predicted molar refractivity (Wildman–Crippen MR) is 131 cm³/mol. The van der Waals surface area contributed by atoms with Crippen LogP contribution in [-0.4, -0.2) is 68.2 Å². The predicted octanol–water partition coefficient (Wildman–Crippen LogP) is 4.94. The molecule has 38 heavy (non-hydrogen) atoms. The first-order valence-electron chi connectivity index (χ1n) is 13.1. The molecule has 0 radical (unpaired) electrons. The Hall–Kier alpha value is -1.63. The zero-order valence-corrected chi connectivity index (χ0v) is 22.0. The van der Waals surface area contributed by atoms with E-state index in [1.165, 1.54) is 0 Å². The molecule has 1 saturated carbocycles. The summed E-state index contributed by atoms with van der Waals surface area (Å²) >= 11 is 0. The summed E-state index contributed by atoms with van der Waals surface area (Å²) in [7, 11) is -4.22. The van der Waals surface area contributed by atoms with E-state index < -0.39 is 40.6 Å². The molecule has 1 spiro atoms. The van der Waals surface area contributed by atoms with Gasteiger partial charge in [0.2, 0.25) is 0 Å². The van der Waals surface area contributed by atoms with Crippen molar-refractivity contribution < 1.29 is 34.8 Å². The second-order valence-electron chi connectivity index (χ2n) is 11.5. The van der Waals surface area contributed by atoms with Gasteiger partial charge in [-0.25, -0.2) is 0 Å². The molecule has 3 atom stereocenters. The fraction of sp³-hybridized carbons (Fsp3) is 0.692. The van der Waals surface area contributed by atoms with Crippen LogP contribution in [-0.2, 0) is 23.1 Å². The van der Waals surface area contributed by atoms with Gasteiger partial charge >= 0.3 is 12.4 Å². The highest BCUT2D eigenvalue weighted by Crippen LogP contribution is 2.50. The second-order valence-corrected chi connectivity index (χ2v) is 13.2. The molecule has 2 bridgehead atoms. The Morgan fingerprint density at radius 1 is 1.03 bits per heavy atom. The van der Waals surface area contributed by atoms with Gasteiger partial charge in [-0.1, -0.05) is 29.8 Å². The van der Waals surface area contributed by atoms with Gasteiger partial charge in [0.1, 0.15) is 6.54 Å². The Morgan fingerprint density at radius 3 is 2.26 bits per heavy atom. The molecule has 212 valence electrons. The zero-order valence-electron chi connectivity index (χ0n) is 21.2. The van der Waals surface area contributed by atoms with Crippen molar-refractivity contribution in [1.82, 2.24) is 13.9 Å². The highest BCUT2D eigenvalue weighted by atomic mass is 32.2. The van der Waals surface area contributed by atoms with Crippen molar-refractivity contribution in [1.29, 1.82) is 0 Å². The number of rotatable bonds is 4. The van der Waals surface area contributed by atoms with E-state index in [9.17, 15) is 34.8 Å². The molecule has 0 aromatic heterocycles. The molecule has 0 amide bonds. The number of likely N-dealkylation sites (tertiary alicyclic amines) is 1. The van der Waals surface area contributed by atoms with Crippen LogP contribution in [0.1, 0.15) is 49.3 Å². The Kier molecular flexibility index (Phi) is 7.18. The lowest BCUT2D eigenvalue weighted by molar-refractivity contribution is -0.184. The molecule has 4 aliphatic rings. The number of nitrogens with one attached hydrogen (secondary N) is 1.